The molecule has 1 rings (SSSR count). The molecular formula is C10H18O3. The lowest BCUT2D eigenvalue weighted by atomic mass is 9.61. The molecule has 0 bridgehead atoms. The lowest BCUT2D eigenvalue weighted by Crippen LogP contribution is -2.57. The molecule has 1 saturated carbocycles. The summed E-state index contributed by atoms with van der Waals surface area (Å²) in [5, 5.41) is 9.04. The molecule has 0 atom stereocenters. The van der Waals surface area contributed by atoms with Crippen LogP contribution in [0.4, 0.5) is 0 Å². The van der Waals surface area contributed by atoms with Crippen molar-refractivity contribution < 1.29 is 14.6 Å². The van der Waals surface area contributed by atoms with Crippen LogP contribution in [0.3, 0.4) is 0 Å². The normalized spacial score (nSPS) is 24.1. The van der Waals surface area contributed by atoms with E-state index in [4.69, 9.17) is 9.84 Å². The van der Waals surface area contributed by atoms with Gasteiger partial charge in [0.05, 0.1) is 6.10 Å². The SMILES string of the molecule is CC(C)OC1(C(=O)O)CC(C)(C)C1. The van der Waals surface area contributed by atoms with Gasteiger partial charge in [-0.3, -0.25) is 0 Å². The van der Waals surface area contributed by atoms with Crippen LogP contribution in [0.2, 0.25) is 0 Å². The summed E-state index contributed by atoms with van der Waals surface area (Å²) in [6, 6.07) is 0. The van der Waals surface area contributed by atoms with E-state index in [0.29, 0.717) is 12.8 Å². The molecular weight excluding hydrogens is 168 g/mol. The van der Waals surface area contributed by atoms with Crippen LogP contribution in [0, 0.1) is 5.41 Å². The van der Waals surface area contributed by atoms with Crippen molar-refractivity contribution in [3.63, 3.8) is 0 Å². The molecule has 0 aromatic carbocycles. The number of aliphatic carboxylic acids is 1. The van der Waals surface area contributed by atoms with Crippen molar-refractivity contribution in [1.82, 2.24) is 0 Å². The molecule has 13 heavy (non-hydrogen) atoms. The maximum atomic E-state index is 11.0. The van der Waals surface area contributed by atoms with Gasteiger partial charge < -0.3 is 9.84 Å². The van der Waals surface area contributed by atoms with Crippen molar-refractivity contribution in [2.45, 2.75) is 52.2 Å². The number of carboxylic acids is 1. The minimum Gasteiger partial charge on any atom is -0.479 e. The van der Waals surface area contributed by atoms with E-state index < -0.39 is 11.6 Å². The average molecular weight is 186 g/mol. The molecule has 0 unspecified atom stereocenters. The van der Waals surface area contributed by atoms with E-state index in [2.05, 4.69) is 13.8 Å². The van der Waals surface area contributed by atoms with Gasteiger partial charge in [0.15, 0.2) is 5.60 Å². The maximum absolute atomic E-state index is 11.0. The summed E-state index contributed by atoms with van der Waals surface area (Å²) < 4.78 is 5.47. The summed E-state index contributed by atoms with van der Waals surface area (Å²) in [5.74, 6) is -0.819. The minimum absolute atomic E-state index is 0.0211. The van der Waals surface area contributed by atoms with Crippen molar-refractivity contribution in [2.24, 2.45) is 5.41 Å². The van der Waals surface area contributed by atoms with Gasteiger partial charge in [-0.25, -0.2) is 4.79 Å². The summed E-state index contributed by atoms with van der Waals surface area (Å²) >= 11 is 0. The topological polar surface area (TPSA) is 46.5 Å². The van der Waals surface area contributed by atoms with Crippen molar-refractivity contribution in [3.8, 4) is 0 Å². The Bertz CT molecular complexity index is 205. The smallest absolute Gasteiger partial charge is 0.336 e. The summed E-state index contributed by atoms with van der Waals surface area (Å²) in [6.07, 6.45) is 1.22. The highest BCUT2D eigenvalue weighted by Gasteiger charge is 2.56. The number of rotatable bonds is 3. The first-order chi connectivity index (χ1) is 5.77. The van der Waals surface area contributed by atoms with E-state index in [0.717, 1.165) is 0 Å². The highest BCUT2D eigenvalue weighted by molar-refractivity contribution is 5.79. The molecule has 1 N–H and O–H groups in total. The molecule has 76 valence electrons. The van der Waals surface area contributed by atoms with Gasteiger partial charge >= 0.3 is 5.97 Å². The highest BCUT2D eigenvalue weighted by Crippen LogP contribution is 2.50. The van der Waals surface area contributed by atoms with Gasteiger partial charge in [-0.05, 0) is 32.1 Å². The molecule has 0 spiro atoms. The van der Waals surface area contributed by atoms with E-state index in [-0.39, 0.29) is 11.5 Å². The van der Waals surface area contributed by atoms with Gasteiger partial charge in [0, 0.05) is 0 Å². The first-order valence-electron chi connectivity index (χ1n) is 4.69. The summed E-state index contributed by atoms with van der Waals surface area (Å²) in [4.78, 5) is 11.0. The zero-order valence-corrected chi connectivity index (χ0v) is 8.76. The Labute approximate surface area is 79.1 Å². The van der Waals surface area contributed by atoms with Gasteiger partial charge in [0.1, 0.15) is 0 Å². The van der Waals surface area contributed by atoms with Crippen molar-refractivity contribution in [3.05, 3.63) is 0 Å². The third-order valence-corrected chi connectivity index (χ3v) is 2.38. The number of carbonyl (C=O) groups is 1. The van der Waals surface area contributed by atoms with Gasteiger partial charge in [-0.2, -0.15) is 0 Å². The molecule has 0 radical (unpaired) electrons. The van der Waals surface area contributed by atoms with Crippen LogP contribution in [0.15, 0.2) is 0 Å². The molecule has 0 saturated heterocycles. The summed E-state index contributed by atoms with van der Waals surface area (Å²) in [5.41, 5.74) is -0.787. The van der Waals surface area contributed by atoms with Gasteiger partial charge in [-0.15, -0.1) is 0 Å². The molecule has 1 fully saturated rings. The lowest BCUT2D eigenvalue weighted by molar-refractivity contribution is -0.208. The molecule has 1 aliphatic carbocycles. The number of carboxylic acid groups (broad SMARTS) is 1. The van der Waals surface area contributed by atoms with Crippen molar-refractivity contribution in [2.75, 3.05) is 0 Å². The highest BCUT2D eigenvalue weighted by atomic mass is 16.5. The van der Waals surface area contributed by atoms with E-state index in [1.165, 1.54) is 0 Å². The predicted molar refractivity (Wildman–Crippen MR) is 49.6 cm³/mol. The van der Waals surface area contributed by atoms with Crippen LogP contribution in [0.25, 0.3) is 0 Å². The Morgan fingerprint density at radius 1 is 1.38 bits per heavy atom. The van der Waals surface area contributed by atoms with E-state index in [1.807, 2.05) is 13.8 Å². The molecule has 3 heteroatoms. The second kappa shape index (κ2) is 2.98. The molecule has 0 heterocycles. The standard InChI is InChI=1S/C10H18O3/c1-7(2)13-10(8(11)12)5-9(3,4)6-10/h7H,5-6H2,1-4H3,(H,11,12). The predicted octanol–water partition coefficient (Wildman–Crippen LogP) is 2.05. The Balaban J connectivity index is 2.66. The summed E-state index contributed by atoms with van der Waals surface area (Å²) in [7, 11) is 0. The lowest BCUT2D eigenvalue weighted by Gasteiger charge is -2.50. The molecule has 0 aromatic heterocycles. The molecule has 3 nitrogen and oxygen atoms in total. The largest absolute Gasteiger partial charge is 0.479 e. The van der Waals surface area contributed by atoms with Gasteiger partial charge in [0.2, 0.25) is 0 Å². The average Bonchev–Trinajstić information content (AvgIpc) is 1.80. The summed E-state index contributed by atoms with van der Waals surface area (Å²) in [6.45, 7) is 7.88. The minimum atomic E-state index is -0.905. The third kappa shape index (κ3) is 2.02. The third-order valence-electron chi connectivity index (χ3n) is 2.38. The maximum Gasteiger partial charge on any atom is 0.336 e. The number of hydrogen-bond acceptors (Lipinski definition) is 2. The van der Waals surface area contributed by atoms with Crippen molar-refractivity contribution in [1.29, 1.82) is 0 Å². The van der Waals surface area contributed by atoms with Crippen LogP contribution >= 0.6 is 0 Å². The zero-order chi connectivity index (χ0) is 10.3. The first-order valence-corrected chi connectivity index (χ1v) is 4.69. The molecule has 0 aliphatic heterocycles. The van der Waals surface area contributed by atoms with Crippen LogP contribution in [0.5, 0.6) is 0 Å². The van der Waals surface area contributed by atoms with Crippen LogP contribution in [-0.4, -0.2) is 22.8 Å². The second-order valence-corrected chi connectivity index (χ2v) is 4.98. The van der Waals surface area contributed by atoms with Crippen LogP contribution in [0.1, 0.15) is 40.5 Å². The van der Waals surface area contributed by atoms with Crippen LogP contribution in [-0.2, 0) is 9.53 Å². The first kappa shape index (κ1) is 10.5. The molecule has 0 aromatic rings. The second-order valence-electron chi connectivity index (χ2n) is 4.98. The Morgan fingerprint density at radius 3 is 2.08 bits per heavy atom. The molecule has 0 amide bonds. The Hall–Kier alpha value is -0.570. The van der Waals surface area contributed by atoms with Crippen LogP contribution < -0.4 is 0 Å². The fraction of sp³-hybridized carbons (Fsp3) is 0.900. The number of hydrogen-bond donors (Lipinski definition) is 1. The Morgan fingerprint density at radius 2 is 1.85 bits per heavy atom. The number of ether oxygens (including phenoxy) is 1. The Kier molecular flexibility index (Phi) is 2.41. The van der Waals surface area contributed by atoms with E-state index >= 15 is 0 Å². The fourth-order valence-electron chi connectivity index (χ4n) is 2.23. The van der Waals surface area contributed by atoms with E-state index in [1.54, 1.807) is 0 Å². The quantitative estimate of drug-likeness (QED) is 0.733. The zero-order valence-electron chi connectivity index (χ0n) is 8.76. The molecule has 1 aliphatic rings. The monoisotopic (exact) mass is 186 g/mol. The van der Waals surface area contributed by atoms with Crippen molar-refractivity contribution >= 4 is 5.97 Å². The van der Waals surface area contributed by atoms with Gasteiger partial charge in [0.25, 0.3) is 0 Å². The van der Waals surface area contributed by atoms with Gasteiger partial charge in [-0.1, -0.05) is 13.8 Å². The van der Waals surface area contributed by atoms with E-state index in [9.17, 15) is 4.79 Å². The fourth-order valence-corrected chi connectivity index (χ4v) is 2.23.